The second-order valence-electron chi connectivity index (χ2n) is 3.46. The highest BCUT2D eigenvalue weighted by molar-refractivity contribution is 8.93. The van der Waals surface area contributed by atoms with Gasteiger partial charge in [-0.05, 0) is 30.7 Å². The van der Waals surface area contributed by atoms with E-state index in [-0.39, 0.29) is 22.7 Å². The smallest absolute Gasteiger partial charge is 0.387 e. The Morgan fingerprint density at radius 2 is 1.94 bits per heavy atom. The van der Waals surface area contributed by atoms with Crippen molar-refractivity contribution >= 4 is 28.5 Å². The fourth-order valence-corrected chi connectivity index (χ4v) is 1.53. The number of nitrogens with one attached hydrogen (secondary N) is 1. The number of anilines is 1. The highest BCUT2D eigenvalue weighted by Crippen LogP contribution is 2.18. The summed E-state index contributed by atoms with van der Waals surface area (Å²) in [4.78, 5) is 4.26. The van der Waals surface area contributed by atoms with Crippen molar-refractivity contribution in [3.63, 3.8) is 0 Å². The summed E-state index contributed by atoms with van der Waals surface area (Å²) in [5.74, 6) is 1.11. The predicted molar refractivity (Wildman–Crippen MR) is 68.6 cm³/mol. The van der Waals surface area contributed by atoms with Crippen LogP contribution in [0, 0.1) is 0 Å². The SMILES string of the molecule is Br.FC(F)Oc1ccc(NC2=NCCC2)cc1. The summed E-state index contributed by atoms with van der Waals surface area (Å²) in [6.07, 6.45) is 2.00. The number of hydrogen-bond donors (Lipinski definition) is 1. The lowest BCUT2D eigenvalue weighted by molar-refractivity contribution is -0.0498. The molecule has 0 bridgehead atoms. The molecule has 1 aliphatic rings. The zero-order valence-electron chi connectivity index (χ0n) is 9.03. The van der Waals surface area contributed by atoms with Gasteiger partial charge in [-0.3, -0.25) is 4.99 Å². The fourth-order valence-electron chi connectivity index (χ4n) is 1.53. The molecule has 0 unspecified atom stereocenters. The normalized spacial score (nSPS) is 14.2. The van der Waals surface area contributed by atoms with Gasteiger partial charge < -0.3 is 10.1 Å². The van der Waals surface area contributed by atoms with Crippen LogP contribution in [0.15, 0.2) is 29.3 Å². The Morgan fingerprint density at radius 3 is 2.47 bits per heavy atom. The Balaban J connectivity index is 0.00000144. The van der Waals surface area contributed by atoms with E-state index >= 15 is 0 Å². The van der Waals surface area contributed by atoms with Crippen LogP contribution in [-0.2, 0) is 0 Å². The van der Waals surface area contributed by atoms with E-state index in [2.05, 4.69) is 15.0 Å². The molecule has 0 aliphatic carbocycles. The molecular weight excluding hydrogens is 294 g/mol. The van der Waals surface area contributed by atoms with Gasteiger partial charge in [-0.2, -0.15) is 8.78 Å². The summed E-state index contributed by atoms with van der Waals surface area (Å²) < 4.78 is 28.0. The molecule has 1 aromatic rings. The number of benzene rings is 1. The zero-order chi connectivity index (χ0) is 11.4. The number of halogens is 3. The number of hydrogen-bond acceptors (Lipinski definition) is 3. The molecule has 0 spiro atoms. The van der Waals surface area contributed by atoms with Crippen LogP contribution in [0.25, 0.3) is 0 Å². The van der Waals surface area contributed by atoms with Crippen molar-refractivity contribution in [3.05, 3.63) is 24.3 Å². The summed E-state index contributed by atoms with van der Waals surface area (Å²) in [5, 5.41) is 3.13. The number of aliphatic imine (C=N–C) groups is 1. The molecule has 0 radical (unpaired) electrons. The topological polar surface area (TPSA) is 33.6 Å². The molecule has 0 amide bonds. The summed E-state index contributed by atoms with van der Waals surface area (Å²) >= 11 is 0. The standard InChI is InChI=1S/C11H12F2N2O.BrH/c12-11(13)16-9-5-3-8(4-6-9)15-10-2-1-7-14-10;/h3-6,11H,1-2,7H2,(H,14,15);1H. The van der Waals surface area contributed by atoms with E-state index in [1.54, 1.807) is 12.1 Å². The lowest BCUT2D eigenvalue weighted by Crippen LogP contribution is -2.08. The van der Waals surface area contributed by atoms with E-state index in [1.165, 1.54) is 12.1 Å². The van der Waals surface area contributed by atoms with E-state index in [0.29, 0.717) is 0 Å². The Morgan fingerprint density at radius 1 is 1.24 bits per heavy atom. The molecule has 1 N–H and O–H groups in total. The van der Waals surface area contributed by atoms with Crippen molar-refractivity contribution in [1.82, 2.24) is 0 Å². The van der Waals surface area contributed by atoms with Crippen molar-refractivity contribution in [1.29, 1.82) is 0 Å². The number of alkyl halides is 2. The van der Waals surface area contributed by atoms with Gasteiger partial charge in [-0.1, -0.05) is 0 Å². The number of nitrogens with zero attached hydrogens (tertiary/aromatic N) is 1. The van der Waals surface area contributed by atoms with Crippen molar-refractivity contribution in [2.45, 2.75) is 19.5 Å². The van der Waals surface area contributed by atoms with Crippen LogP contribution in [0.5, 0.6) is 5.75 Å². The van der Waals surface area contributed by atoms with Gasteiger partial charge in [0.15, 0.2) is 0 Å². The van der Waals surface area contributed by atoms with E-state index in [9.17, 15) is 8.78 Å². The van der Waals surface area contributed by atoms with Crippen LogP contribution in [-0.4, -0.2) is 19.0 Å². The van der Waals surface area contributed by atoms with Crippen LogP contribution in [0.2, 0.25) is 0 Å². The number of ether oxygens (including phenoxy) is 1. The molecule has 3 nitrogen and oxygen atoms in total. The van der Waals surface area contributed by atoms with Crippen molar-refractivity contribution < 1.29 is 13.5 Å². The maximum Gasteiger partial charge on any atom is 0.387 e. The highest BCUT2D eigenvalue weighted by Gasteiger charge is 2.07. The van der Waals surface area contributed by atoms with Crippen molar-refractivity contribution in [2.75, 3.05) is 11.9 Å². The first-order chi connectivity index (χ1) is 7.74. The first kappa shape index (κ1) is 13.9. The van der Waals surface area contributed by atoms with Gasteiger partial charge in [-0.25, -0.2) is 0 Å². The van der Waals surface area contributed by atoms with Crippen LogP contribution in [0.4, 0.5) is 14.5 Å². The van der Waals surface area contributed by atoms with E-state index in [1.807, 2.05) is 0 Å². The maximum atomic E-state index is 11.9. The molecule has 1 aromatic carbocycles. The van der Waals surface area contributed by atoms with E-state index in [0.717, 1.165) is 30.9 Å². The number of rotatable bonds is 3. The number of amidine groups is 1. The van der Waals surface area contributed by atoms with Gasteiger partial charge >= 0.3 is 6.61 Å². The molecule has 17 heavy (non-hydrogen) atoms. The summed E-state index contributed by atoms with van der Waals surface area (Å²) in [7, 11) is 0. The zero-order valence-corrected chi connectivity index (χ0v) is 10.7. The highest BCUT2D eigenvalue weighted by atomic mass is 79.9. The third-order valence-corrected chi connectivity index (χ3v) is 2.24. The second kappa shape index (κ2) is 6.54. The fraction of sp³-hybridized carbons (Fsp3) is 0.364. The van der Waals surface area contributed by atoms with Gasteiger partial charge in [0.05, 0.1) is 0 Å². The first-order valence-electron chi connectivity index (χ1n) is 5.09. The van der Waals surface area contributed by atoms with Gasteiger partial charge in [-0.15, -0.1) is 17.0 Å². The molecule has 0 saturated carbocycles. The molecule has 94 valence electrons. The van der Waals surface area contributed by atoms with Gasteiger partial charge in [0, 0.05) is 18.7 Å². The van der Waals surface area contributed by atoms with E-state index < -0.39 is 6.61 Å². The minimum absolute atomic E-state index is 0. The Labute approximate surface area is 109 Å². The third kappa shape index (κ3) is 4.30. The molecule has 0 atom stereocenters. The van der Waals surface area contributed by atoms with Crippen molar-refractivity contribution in [3.8, 4) is 5.75 Å². The minimum atomic E-state index is -2.78. The molecular formula is C11H13BrF2N2O. The van der Waals surface area contributed by atoms with Gasteiger partial charge in [0.1, 0.15) is 11.6 Å². The Bertz CT molecular complexity index is 382. The molecule has 1 heterocycles. The lowest BCUT2D eigenvalue weighted by atomic mass is 10.3. The summed E-state index contributed by atoms with van der Waals surface area (Å²) in [6, 6.07) is 6.39. The monoisotopic (exact) mass is 306 g/mol. The summed E-state index contributed by atoms with van der Waals surface area (Å²) in [6.45, 7) is -1.92. The average molecular weight is 307 g/mol. The summed E-state index contributed by atoms with van der Waals surface area (Å²) in [5.41, 5.74) is 0.835. The molecule has 0 saturated heterocycles. The van der Waals surface area contributed by atoms with Gasteiger partial charge in [0.2, 0.25) is 0 Å². The average Bonchev–Trinajstić information content (AvgIpc) is 2.73. The van der Waals surface area contributed by atoms with Crippen LogP contribution < -0.4 is 10.1 Å². The van der Waals surface area contributed by atoms with Crippen LogP contribution in [0.1, 0.15) is 12.8 Å². The molecule has 0 aromatic heterocycles. The van der Waals surface area contributed by atoms with Crippen LogP contribution >= 0.6 is 17.0 Å². The van der Waals surface area contributed by atoms with Crippen molar-refractivity contribution in [2.24, 2.45) is 4.99 Å². The molecule has 1 aliphatic heterocycles. The van der Waals surface area contributed by atoms with E-state index in [4.69, 9.17) is 0 Å². The quantitative estimate of drug-likeness (QED) is 0.927. The Kier molecular flexibility index (Phi) is 5.34. The molecule has 6 heteroatoms. The maximum absolute atomic E-state index is 11.9. The first-order valence-corrected chi connectivity index (χ1v) is 5.09. The second-order valence-corrected chi connectivity index (χ2v) is 3.46. The lowest BCUT2D eigenvalue weighted by Gasteiger charge is -2.07. The molecule has 0 fully saturated rings. The molecule has 2 rings (SSSR count). The largest absolute Gasteiger partial charge is 0.435 e. The van der Waals surface area contributed by atoms with Gasteiger partial charge in [0.25, 0.3) is 0 Å². The van der Waals surface area contributed by atoms with Crippen LogP contribution in [0.3, 0.4) is 0 Å². The predicted octanol–water partition coefficient (Wildman–Crippen LogP) is 3.47. The Hall–Kier alpha value is -1.17. The third-order valence-electron chi connectivity index (χ3n) is 2.24. The minimum Gasteiger partial charge on any atom is -0.435 e.